The van der Waals surface area contributed by atoms with Crippen LogP contribution in [0.3, 0.4) is 0 Å². The van der Waals surface area contributed by atoms with Crippen LogP contribution < -0.4 is 0 Å². The van der Waals surface area contributed by atoms with Gasteiger partial charge in [-0.2, -0.15) is 0 Å². The fourth-order valence-electron chi connectivity index (χ4n) is 1.56. The van der Waals surface area contributed by atoms with Gasteiger partial charge in [-0.3, -0.25) is 5.41 Å². The number of rotatable bonds is 2. The van der Waals surface area contributed by atoms with E-state index in [0.717, 1.165) is 6.07 Å². The second kappa shape index (κ2) is 4.17. The lowest BCUT2D eigenvalue weighted by atomic mass is 10.0. The molecule has 0 unspecified atom stereocenters. The van der Waals surface area contributed by atoms with Crippen molar-refractivity contribution in [3.8, 4) is 17.2 Å². The van der Waals surface area contributed by atoms with Crippen molar-refractivity contribution in [1.82, 2.24) is 0 Å². The van der Waals surface area contributed by atoms with Crippen LogP contribution in [0.1, 0.15) is 11.1 Å². The maximum Gasteiger partial charge on any atom is 0.128 e. The van der Waals surface area contributed by atoms with Crippen molar-refractivity contribution >= 4 is 5.71 Å². The number of aromatic hydroxyl groups is 3. The molecule has 0 aromatic heterocycles. The molecule has 86 valence electrons. The normalized spacial score (nSPS) is 10.1. The van der Waals surface area contributed by atoms with Crippen LogP contribution in [0.4, 0.5) is 0 Å². The molecule has 0 saturated carbocycles. The van der Waals surface area contributed by atoms with Crippen molar-refractivity contribution in [2.24, 2.45) is 0 Å². The summed E-state index contributed by atoms with van der Waals surface area (Å²) in [5.74, 6) is -0.292. The molecule has 2 rings (SSSR count). The van der Waals surface area contributed by atoms with E-state index in [9.17, 15) is 10.2 Å². The van der Waals surface area contributed by atoms with Crippen LogP contribution in [0, 0.1) is 5.41 Å². The van der Waals surface area contributed by atoms with E-state index >= 15 is 0 Å². The van der Waals surface area contributed by atoms with Gasteiger partial charge >= 0.3 is 0 Å². The van der Waals surface area contributed by atoms with Gasteiger partial charge in [-0.05, 0) is 24.3 Å². The Morgan fingerprint density at radius 3 is 2.12 bits per heavy atom. The molecule has 0 aliphatic heterocycles. The van der Waals surface area contributed by atoms with Gasteiger partial charge in [-0.1, -0.05) is 12.1 Å². The molecule has 0 bridgehead atoms. The molecule has 0 amide bonds. The smallest absolute Gasteiger partial charge is 0.128 e. The number of phenolic OH excluding ortho intramolecular Hbond substituents is 3. The summed E-state index contributed by atoms with van der Waals surface area (Å²) in [6, 6.07) is 10.4. The van der Waals surface area contributed by atoms with E-state index in [1.807, 2.05) is 0 Å². The predicted octanol–water partition coefficient (Wildman–Crippen LogP) is 2.22. The van der Waals surface area contributed by atoms with Gasteiger partial charge in [0.25, 0.3) is 0 Å². The zero-order chi connectivity index (χ0) is 12.4. The minimum atomic E-state index is -0.196. The van der Waals surface area contributed by atoms with Crippen molar-refractivity contribution in [1.29, 1.82) is 5.41 Å². The molecule has 4 nitrogen and oxygen atoms in total. The van der Waals surface area contributed by atoms with Crippen LogP contribution in [-0.2, 0) is 0 Å². The molecular formula is C13H11NO3. The summed E-state index contributed by atoms with van der Waals surface area (Å²) in [6.45, 7) is 0. The van der Waals surface area contributed by atoms with E-state index in [4.69, 9.17) is 10.5 Å². The van der Waals surface area contributed by atoms with Crippen molar-refractivity contribution in [3.63, 3.8) is 0 Å². The van der Waals surface area contributed by atoms with Crippen molar-refractivity contribution in [3.05, 3.63) is 53.6 Å². The van der Waals surface area contributed by atoms with Crippen LogP contribution in [0.15, 0.2) is 42.5 Å². The van der Waals surface area contributed by atoms with Crippen LogP contribution in [0.5, 0.6) is 17.2 Å². The summed E-state index contributed by atoms with van der Waals surface area (Å²) in [7, 11) is 0. The minimum Gasteiger partial charge on any atom is -0.508 e. The second-order valence-electron chi connectivity index (χ2n) is 3.59. The van der Waals surface area contributed by atoms with Gasteiger partial charge in [0.2, 0.25) is 0 Å². The number of benzene rings is 2. The van der Waals surface area contributed by atoms with E-state index < -0.39 is 0 Å². The molecule has 0 spiro atoms. The van der Waals surface area contributed by atoms with Gasteiger partial charge in [0.05, 0.1) is 5.71 Å². The van der Waals surface area contributed by atoms with E-state index in [0.29, 0.717) is 5.56 Å². The number of hydrogen-bond acceptors (Lipinski definition) is 4. The van der Waals surface area contributed by atoms with Crippen molar-refractivity contribution in [2.45, 2.75) is 0 Å². The average Bonchev–Trinajstić information content (AvgIpc) is 2.29. The first-order valence-electron chi connectivity index (χ1n) is 4.99. The summed E-state index contributed by atoms with van der Waals surface area (Å²) in [5.41, 5.74) is 0.582. The molecule has 17 heavy (non-hydrogen) atoms. The Kier molecular flexibility index (Phi) is 2.70. The molecule has 0 heterocycles. The highest BCUT2D eigenvalue weighted by Gasteiger charge is 2.13. The van der Waals surface area contributed by atoms with Gasteiger partial charge in [0.1, 0.15) is 17.2 Å². The molecule has 0 fully saturated rings. The molecule has 2 aromatic carbocycles. The lowest BCUT2D eigenvalue weighted by Crippen LogP contribution is -2.01. The third-order valence-electron chi connectivity index (χ3n) is 2.42. The highest BCUT2D eigenvalue weighted by molar-refractivity contribution is 6.13. The van der Waals surface area contributed by atoms with Crippen LogP contribution in [0.25, 0.3) is 0 Å². The van der Waals surface area contributed by atoms with Gasteiger partial charge in [-0.15, -0.1) is 0 Å². The third kappa shape index (κ3) is 2.06. The highest BCUT2D eigenvalue weighted by atomic mass is 16.3. The molecule has 0 aliphatic carbocycles. The average molecular weight is 229 g/mol. The largest absolute Gasteiger partial charge is 0.508 e. The molecule has 0 aliphatic rings. The zero-order valence-corrected chi connectivity index (χ0v) is 8.88. The summed E-state index contributed by atoms with van der Waals surface area (Å²) < 4.78 is 0. The monoisotopic (exact) mass is 229 g/mol. The van der Waals surface area contributed by atoms with E-state index in [1.54, 1.807) is 18.2 Å². The highest BCUT2D eigenvalue weighted by Crippen LogP contribution is 2.27. The first-order valence-corrected chi connectivity index (χ1v) is 4.99. The molecule has 0 atom stereocenters. The molecule has 0 radical (unpaired) electrons. The maximum absolute atomic E-state index is 9.63. The van der Waals surface area contributed by atoms with Crippen LogP contribution in [0.2, 0.25) is 0 Å². The van der Waals surface area contributed by atoms with Crippen molar-refractivity contribution in [2.75, 3.05) is 0 Å². The maximum atomic E-state index is 9.63. The standard InChI is InChI=1S/C13H11NO3/c14-13(9-3-1-2-4-11(9)16)10-6-5-8(15)7-12(10)17/h1-7,14-17H. The fourth-order valence-corrected chi connectivity index (χ4v) is 1.56. The molecular weight excluding hydrogens is 218 g/mol. The van der Waals surface area contributed by atoms with Crippen molar-refractivity contribution < 1.29 is 15.3 Å². The fraction of sp³-hybridized carbons (Fsp3) is 0. The zero-order valence-electron chi connectivity index (χ0n) is 8.88. The minimum absolute atomic E-state index is 0.000556. The lowest BCUT2D eigenvalue weighted by Gasteiger charge is -2.08. The summed E-state index contributed by atoms with van der Waals surface area (Å²) >= 11 is 0. The van der Waals surface area contributed by atoms with Gasteiger partial charge in [-0.25, -0.2) is 0 Å². The Labute approximate surface area is 97.9 Å². The Hall–Kier alpha value is -2.49. The molecule has 4 N–H and O–H groups in total. The third-order valence-corrected chi connectivity index (χ3v) is 2.42. The Morgan fingerprint density at radius 2 is 1.47 bits per heavy atom. The topological polar surface area (TPSA) is 84.5 Å². The summed E-state index contributed by atoms with van der Waals surface area (Å²) in [5, 5.41) is 36.3. The van der Waals surface area contributed by atoms with E-state index in [2.05, 4.69) is 0 Å². The molecule has 4 heteroatoms. The Bertz CT molecular complexity index is 579. The van der Waals surface area contributed by atoms with Gasteiger partial charge < -0.3 is 15.3 Å². The molecule has 0 saturated heterocycles. The van der Waals surface area contributed by atoms with Crippen LogP contribution in [-0.4, -0.2) is 21.0 Å². The van der Waals surface area contributed by atoms with Crippen LogP contribution >= 0.6 is 0 Å². The molecule has 2 aromatic rings. The number of hydrogen-bond donors (Lipinski definition) is 4. The second-order valence-corrected chi connectivity index (χ2v) is 3.59. The number of nitrogens with one attached hydrogen (secondary N) is 1. The predicted molar refractivity (Wildman–Crippen MR) is 63.8 cm³/mol. The van der Waals surface area contributed by atoms with E-state index in [1.165, 1.54) is 18.2 Å². The quantitative estimate of drug-likeness (QED) is 0.596. The first kappa shape index (κ1) is 11.0. The summed E-state index contributed by atoms with van der Waals surface area (Å²) in [4.78, 5) is 0. The van der Waals surface area contributed by atoms with Gasteiger partial charge in [0.15, 0.2) is 0 Å². The number of para-hydroxylation sites is 1. The Morgan fingerprint density at radius 1 is 0.824 bits per heavy atom. The Balaban J connectivity index is 2.48. The van der Waals surface area contributed by atoms with Gasteiger partial charge in [0, 0.05) is 17.2 Å². The van der Waals surface area contributed by atoms with E-state index in [-0.39, 0.29) is 28.5 Å². The number of phenols is 3. The SMILES string of the molecule is N=C(c1ccccc1O)c1ccc(O)cc1O. The first-order chi connectivity index (χ1) is 8.09. The summed E-state index contributed by atoms with van der Waals surface area (Å²) in [6.07, 6.45) is 0. The lowest BCUT2D eigenvalue weighted by molar-refractivity contribution is 0.450.